The van der Waals surface area contributed by atoms with E-state index in [1.54, 1.807) is 20.5 Å². The minimum absolute atomic E-state index is 0.0172. The number of furan rings is 1. The first-order chi connectivity index (χ1) is 13.0. The van der Waals surface area contributed by atoms with E-state index in [0.29, 0.717) is 24.5 Å². The number of ether oxygens (including phenoxy) is 2. The van der Waals surface area contributed by atoms with E-state index in [2.05, 4.69) is 25.2 Å². The maximum Gasteiger partial charge on any atom is 0.224 e. The van der Waals surface area contributed by atoms with Crippen molar-refractivity contribution in [1.29, 1.82) is 0 Å². The predicted octanol–water partition coefficient (Wildman–Crippen LogP) is 3.97. The van der Waals surface area contributed by atoms with E-state index in [0.717, 1.165) is 28.5 Å². The van der Waals surface area contributed by atoms with E-state index in [1.807, 2.05) is 24.3 Å². The molecular formula is C22H25NO4. The quantitative estimate of drug-likeness (QED) is 0.686. The summed E-state index contributed by atoms with van der Waals surface area (Å²) < 4.78 is 16.2. The van der Waals surface area contributed by atoms with Crippen molar-refractivity contribution in [3.05, 3.63) is 58.8 Å². The minimum Gasteiger partial charge on any atom is -0.493 e. The summed E-state index contributed by atoms with van der Waals surface area (Å²) in [4.78, 5) is 12.3. The molecule has 0 aliphatic heterocycles. The van der Waals surface area contributed by atoms with Crippen molar-refractivity contribution in [2.45, 2.75) is 26.7 Å². The highest BCUT2D eigenvalue weighted by Crippen LogP contribution is 2.28. The van der Waals surface area contributed by atoms with Gasteiger partial charge in [-0.25, -0.2) is 0 Å². The predicted molar refractivity (Wildman–Crippen MR) is 106 cm³/mol. The number of carbonyl (C=O) groups excluding carboxylic acids is 1. The second-order valence-corrected chi connectivity index (χ2v) is 6.66. The molecule has 0 radical (unpaired) electrons. The molecule has 0 aliphatic rings. The highest BCUT2D eigenvalue weighted by atomic mass is 16.5. The minimum atomic E-state index is -0.0172. The largest absolute Gasteiger partial charge is 0.493 e. The van der Waals surface area contributed by atoms with Crippen molar-refractivity contribution in [1.82, 2.24) is 5.32 Å². The second-order valence-electron chi connectivity index (χ2n) is 6.66. The van der Waals surface area contributed by atoms with Gasteiger partial charge >= 0.3 is 0 Å². The molecule has 1 aromatic heterocycles. The number of amides is 1. The Hall–Kier alpha value is -2.95. The maximum absolute atomic E-state index is 12.3. The summed E-state index contributed by atoms with van der Waals surface area (Å²) in [7, 11) is 3.22. The fourth-order valence-electron chi connectivity index (χ4n) is 3.09. The smallest absolute Gasteiger partial charge is 0.224 e. The first-order valence-electron chi connectivity index (χ1n) is 8.96. The zero-order valence-electron chi connectivity index (χ0n) is 16.2. The third-order valence-corrected chi connectivity index (χ3v) is 4.80. The third kappa shape index (κ3) is 4.25. The Balaban J connectivity index is 1.58. The number of fused-ring (bicyclic) bond motifs is 1. The standard InChI is InChI=1S/C22H25NO4/c1-14-9-18-17(13-27-20(18)10-15(14)2)12-22(24)23-8-7-16-5-6-19(25-3)21(11-16)26-4/h5-6,9-11,13H,7-8,12H2,1-4H3,(H,23,24). The number of methoxy groups -OCH3 is 2. The van der Waals surface area contributed by atoms with Crippen LogP contribution in [0.15, 0.2) is 41.0 Å². The number of carbonyl (C=O) groups is 1. The van der Waals surface area contributed by atoms with Crippen LogP contribution in [0.3, 0.4) is 0 Å². The van der Waals surface area contributed by atoms with E-state index >= 15 is 0 Å². The van der Waals surface area contributed by atoms with Gasteiger partial charge in [0.1, 0.15) is 5.58 Å². The molecule has 5 nitrogen and oxygen atoms in total. The van der Waals surface area contributed by atoms with Gasteiger partial charge in [0.2, 0.25) is 5.91 Å². The summed E-state index contributed by atoms with van der Waals surface area (Å²) in [5, 5.41) is 3.98. The number of nitrogens with one attached hydrogen (secondary N) is 1. The molecule has 0 unspecified atom stereocenters. The van der Waals surface area contributed by atoms with Crippen LogP contribution in [-0.4, -0.2) is 26.7 Å². The monoisotopic (exact) mass is 367 g/mol. The van der Waals surface area contributed by atoms with Gasteiger partial charge in [0.05, 0.1) is 26.9 Å². The highest BCUT2D eigenvalue weighted by Gasteiger charge is 2.12. The van der Waals surface area contributed by atoms with Crippen molar-refractivity contribution < 1.29 is 18.7 Å². The lowest BCUT2D eigenvalue weighted by atomic mass is 10.0. The summed E-state index contributed by atoms with van der Waals surface area (Å²) >= 11 is 0. The molecule has 0 fully saturated rings. The molecule has 1 heterocycles. The molecule has 1 N–H and O–H groups in total. The van der Waals surface area contributed by atoms with Crippen LogP contribution in [0.5, 0.6) is 11.5 Å². The first-order valence-corrected chi connectivity index (χ1v) is 8.96. The Morgan fingerprint density at radius 2 is 1.78 bits per heavy atom. The lowest BCUT2D eigenvalue weighted by Gasteiger charge is -2.10. The van der Waals surface area contributed by atoms with Gasteiger partial charge in [0.25, 0.3) is 0 Å². The van der Waals surface area contributed by atoms with Crippen molar-refractivity contribution in [2.24, 2.45) is 0 Å². The Kier molecular flexibility index (Phi) is 5.69. The van der Waals surface area contributed by atoms with Crippen molar-refractivity contribution in [3.8, 4) is 11.5 Å². The van der Waals surface area contributed by atoms with Crippen molar-refractivity contribution >= 4 is 16.9 Å². The highest BCUT2D eigenvalue weighted by molar-refractivity contribution is 5.88. The van der Waals surface area contributed by atoms with Crippen LogP contribution in [-0.2, 0) is 17.6 Å². The summed E-state index contributed by atoms with van der Waals surface area (Å²) in [5.41, 5.74) is 5.19. The Labute approximate surface area is 159 Å². The third-order valence-electron chi connectivity index (χ3n) is 4.80. The Morgan fingerprint density at radius 3 is 2.52 bits per heavy atom. The van der Waals surface area contributed by atoms with Gasteiger partial charge in [-0.15, -0.1) is 0 Å². The number of aryl methyl sites for hydroxylation is 2. The average molecular weight is 367 g/mol. The molecule has 0 saturated carbocycles. The molecule has 2 aromatic carbocycles. The SMILES string of the molecule is COc1ccc(CCNC(=O)Cc2coc3cc(C)c(C)cc23)cc1OC. The van der Waals surface area contributed by atoms with E-state index in [-0.39, 0.29) is 5.91 Å². The molecule has 0 bridgehead atoms. The van der Waals surface area contributed by atoms with E-state index in [4.69, 9.17) is 13.9 Å². The van der Waals surface area contributed by atoms with E-state index < -0.39 is 0 Å². The molecule has 5 heteroatoms. The lowest BCUT2D eigenvalue weighted by molar-refractivity contribution is -0.120. The van der Waals surface area contributed by atoms with Crippen LogP contribution < -0.4 is 14.8 Å². The van der Waals surface area contributed by atoms with E-state index in [9.17, 15) is 4.79 Å². The molecule has 0 atom stereocenters. The summed E-state index contributed by atoms with van der Waals surface area (Å²) in [5.74, 6) is 1.37. The molecule has 1 amide bonds. The summed E-state index contributed by atoms with van der Waals surface area (Å²) in [6.07, 6.45) is 2.70. The van der Waals surface area contributed by atoms with Crippen LogP contribution >= 0.6 is 0 Å². The normalized spacial score (nSPS) is 10.8. The zero-order chi connectivity index (χ0) is 19.4. The Morgan fingerprint density at radius 1 is 1.04 bits per heavy atom. The van der Waals surface area contributed by atoms with Crippen molar-refractivity contribution in [3.63, 3.8) is 0 Å². The number of hydrogen-bond acceptors (Lipinski definition) is 4. The number of rotatable bonds is 7. The van der Waals surface area contributed by atoms with Gasteiger partial charge in [0, 0.05) is 17.5 Å². The van der Waals surface area contributed by atoms with Crippen LogP contribution in [0.4, 0.5) is 0 Å². The molecule has 0 spiro atoms. The Bertz CT molecular complexity index is 958. The van der Waals surface area contributed by atoms with Gasteiger partial charge in [-0.1, -0.05) is 6.07 Å². The fourth-order valence-corrected chi connectivity index (χ4v) is 3.09. The van der Waals surface area contributed by atoms with Crippen LogP contribution in [0.2, 0.25) is 0 Å². The molecule has 142 valence electrons. The molecular weight excluding hydrogens is 342 g/mol. The molecule has 3 rings (SSSR count). The maximum atomic E-state index is 12.3. The summed E-state index contributed by atoms with van der Waals surface area (Å²) in [6, 6.07) is 9.88. The zero-order valence-corrected chi connectivity index (χ0v) is 16.2. The average Bonchev–Trinajstić information content (AvgIpc) is 3.03. The van der Waals surface area contributed by atoms with Crippen LogP contribution in [0.25, 0.3) is 11.0 Å². The lowest BCUT2D eigenvalue weighted by Crippen LogP contribution is -2.27. The van der Waals surface area contributed by atoms with E-state index in [1.165, 1.54) is 11.1 Å². The molecule has 3 aromatic rings. The molecule has 0 saturated heterocycles. The van der Waals surface area contributed by atoms with Gasteiger partial charge < -0.3 is 19.2 Å². The van der Waals surface area contributed by atoms with Crippen LogP contribution in [0.1, 0.15) is 22.3 Å². The first kappa shape index (κ1) is 18.8. The van der Waals surface area contributed by atoms with Gasteiger partial charge in [-0.2, -0.15) is 0 Å². The molecule has 27 heavy (non-hydrogen) atoms. The van der Waals surface area contributed by atoms with Gasteiger partial charge in [0.15, 0.2) is 11.5 Å². The summed E-state index contributed by atoms with van der Waals surface area (Å²) in [6.45, 7) is 4.68. The second kappa shape index (κ2) is 8.16. The number of hydrogen-bond donors (Lipinski definition) is 1. The van der Waals surface area contributed by atoms with Gasteiger partial charge in [-0.3, -0.25) is 4.79 Å². The number of benzene rings is 2. The topological polar surface area (TPSA) is 60.7 Å². The molecule has 0 aliphatic carbocycles. The van der Waals surface area contributed by atoms with Crippen LogP contribution in [0, 0.1) is 13.8 Å². The fraction of sp³-hybridized carbons (Fsp3) is 0.318. The van der Waals surface area contributed by atoms with Gasteiger partial charge in [-0.05, 0) is 61.2 Å². The van der Waals surface area contributed by atoms with Crippen molar-refractivity contribution in [2.75, 3.05) is 20.8 Å².